The van der Waals surface area contributed by atoms with Crippen LogP contribution in [0.15, 0.2) is 23.7 Å². The van der Waals surface area contributed by atoms with Gasteiger partial charge in [-0.1, -0.05) is 6.08 Å². The number of carbonyl (C=O) groups is 1. The molecule has 9 heteroatoms. The maximum atomic E-state index is 13.1. The normalized spacial score (nSPS) is 18.7. The highest BCUT2D eigenvalue weighted by Gasteiger charge is 2.52. The van der Waals surface area contributed by atoms with E-state index >= 15 is 0 Å². The van der Waals surface area contributed by atoms with Crippen LogP contribution >= 0.6 is 0 Å². The number of benzene rings is 1. The first-order valence-electron chi connectivity index (χ1n) is 8.68. The number of amides is 1. The van der Waals surface area contributed by atoms with Crippen molar-refractivity contribution in [1.82, 2.24) is 5.32 Å². The van der Waals surface area contributed by atoms with Crippen molar-refractivity contribution in [3.8, 4) is 6.07 Å². The molecule has 1 aliphatic rings. The summed E-state index contributed by atoms with van der Waals surface area (Å²) in [4.78, 5) is 11.3. The third kappa shape index (κ3) is 4.94. The van der Waals surface area contributed by atoms with E-state index in [1.165, 1.54) is 19.1 Å². The van der Waals surface area contributed by atoms with Crippen molar-refractivity contribution >= 4 is 19.1 Å². The molecule has 1 aromatic rings. The van der Waals surface area contributed by atoms with Gasteiger partial charge in [-0.05, 0) is 56.9 Å². The van der Waals surface area contributed by atoms with Gasteiger partial charge in [0.1, 0.15) is 0 Å². The van der Waals surface area contributed by atoms with E-state index in [0.29, 0.717) is 5.47 Å². The fourth-order valence-electron chi connectivity index (χ4n) is 2.60. The predicted molar refractivity (Wildman–Crippen MR) is 98.9 cm³/mol. The number of carbonyl (C=O) groups excluding carboxylic acids is 1. The lowest BCUT2D eigenvalue weighted by Crippen LogP contribution is -2.41. The fourth-order valence-corrected chi connectivity index (χ4v) is 2.60. The molecule has 150 valence electrons. The van der Waals surface area contributed by atoms with Crippen LogP contribution in [0, 0.1) is 11.3 Å². The van der Waals surface area contributed by atoms with E-state index in [-0.39, 0.29) is 23.6 Å². The fraction of sp³-hybridized carbons (Fsp3) is 0.474. The molecular weight excluding hydrogens is 372 g/mol. The summed E-state index contributed by atoms with van der Waals surface area (Å²) in [6, 6.07) is 4.81. The second-order valence-electron chi connectivity index (χ2n) is 7.67. The molecule has 0 radical (unpaired) electrons. The molecule has 1 N–H and O–H groups in total. The Morgan fingerprint density at radius 2 is 1.79 bits per heavy atom. The van der Waals surface area contributed by atoms with E-state index in [9.17, 15) is 18.0 Å². The summed E-state index contributed by atoms with van der Waals surface area (Å²) in [6.45, 7) is 8.76. The van der Waals surface area contributed by atoms with Gasteiger partial charge in [0.05, 0.1) is 28.4 Å². The van der Waals surface area contributed by atoms with Crippen molar-refractivity contribution in [3.05, 3.63) is 40.4 Å². The molecule has 0 saturated carbocycles. The average Bonchev–Trinajstić information content (AvgIpc) is 2.77. The lowest BCUT2D eigenvalue weighted by Gasteiger charge is -2.32. The third-order valence-electron chi connectivity index (χ3n) is 4.86. The molecule has 0 atom stereocenters. The first kappa shape index (κ1) is 22.0. The van der Waals surface area contributed by atoms with Gasteiger partial charge >= 0.3 is 13.3 Å². The summed E-state index contributed by atoms with van der Waals surface area (Å²) in [5.74, 6) is -0.302. The van der Waals surface area contributed by atoms with Crippen LogP contribution in [0.5, 0.6) is 0 Å². The van der Waals surface area contributed by atoms with Gasteiger partial charge in [0.15, 0.2) is 0 Å². The van der Waals surface area contributed by atoms with Crippen LogP contribution in [0.3, 0.4) is 0 Å². The molecule has 0 aromatic heterocycles. The largest absolute Gasteiger partial charge is 0.492 e. The molecule has 1 saturated heterocycles. The Balaban J connectivity index is 2.48. The number of rotatable bonds is 4. The highest BCUT2D eigenvalue weighted by atomic mass is 19.4. The molecule has 0 aliphatic carbocycles. The molecular formula is C19H22BF3N2O3. The number of hydrogen-bond acceptors (Lipinski definition) is 4. The van der Waals surface area contributed by atoms with Gasteiger partial charge in [0.2, 0.25) is 5.91 Å². The van der Waals surface area contributed by atoms with Crippen molar-refractivity contribution in [2.45, 2.75) is 52.0 Å². The average molecular weight is 394 g/mol. The zero-order chi connectivity index (χ0) is 21.3. The molecule has 1 fully saturated rings. The molecule has 0 spiro atoms. The summed E-state index contributed by atoms with van der Waals surface area (Å²) in [5.41, 5.74) is -1.74. The highest BCUT2D eigenvalue weighted by Crippen LogP contribution is 2.39. The van der Waals surface area contributed by atoms with Crippen LogP contribution in [-0.2, 0) is 20.3 Å². The lowest BCUT2D eigenvalue weighted by molar-refractivity contribution is -0.137. The molecule has 2 rings (SSSR count). The van der Waals surface area contributed by atoms with Crippen molar-refractivity contribution in [3.63, 3.8) is 0 Å². The maximum absolute atomic E-state index is 13.1. The van der Waals surface area contributed by atoms with Gasteiger partial charge in [-0.2, -0.15) is 18.4 Å². The van der Waals surface area contributed by atoms with Crippen LogP contribution in [0.2, 0.25) is 0 Å². The molecule has 1 aromatic carbocycles. The molecule has 5 nitrogen and oxygen atoms in total. The van der Waals surface area contributed by atoms with Gasteiger partial charge in [0.25, 0.3) is 0 Å². The van der Waals surface area contributed by atoms with E-state index in [1.54, 1.807) is 6.07 Å². The number of alkyl halides is 3. The van der Waals surface area contributed by atoms with Crippen molar-refractivity contribution in [1.29, 1.82) is 5.26 Å². The Morgan fingerprint density at radius 1 is 1.21 bits per heavy atom. The van der Waals surface area contributed by atoms with Crippen LogP contribution in [0.1, 0.15) is 51.3 Å². The first-order chi connectivity index (χ1) is 12.7. The quantitative estimate of drug-likeness (QED) is 0.791. The second-order valence-corrected chi connectivity index (χ2v) is 7.67. The molecule has 1 heterocycles. The minimum atomic E-state index is -4.59. The maximum Gasteiger partial charge on any atom is 0.492 e. The monoisotopic (exact) mass is 394 g/mol. The number of hydrogen-bond donors (Lipinski definition) is 1. The van der Waals surface area contributed by atoms with Crippen LogP contribution < -0.4 is 5.32 Å². The number of nitrogens with zero attached hydrogens (tertiary/aromatic N) is 1. The topological polar surface area (TPSA) is 71.4 Å². The van der Waals surface area contributed by atoms with Crippen LogP contribution in [0.25, 0.3) is 6.08 Å². The molecule has 1 amide bonds. The van der Waals surface area contributed by atoms with Gasteiger partial charge in [-0.15, -0.1) is 0 Å². The zero-order valence-electron chi connectivity index (χ0n) is 16.4. The van der Waals surface area contributed by atoms with Gasteiger partial charge in [0, 0.05) is 13.5 Å². The smallest absolute Gasteiger partial charge is 0.400 e. The SMILES string of the molecule is CC(=O)NCC(=Cc1cc(C#N)cc(C(F)(F)F)c1)B1OC(C)(C)C(C)(C)O1. The Kier molecular flexibility index (Phi) is 5.97. The van der Waals surface area contributed by atoms with Crippen molar-refractivity contribution in [2.24, 2.45) is 0 Å². The zero-order valence-corrected chi connectivity index (χ0v) is 16.4. The van der Waals surface area contributed by atoms with Crippen LogP contribution in [-0.4, -0.2) is 30.8 Å². The third-order valence-corrected chi connectivity index (χ3v) is 4.86. The Labute approximate surface area is 162 Å². The van der Waals surface area contributed by atoms with Crippen molar-refractivity contribution in [2.75, 3.05) is 6.54 Å². The summed E-state index contributed by atoms with van der Waals surface area (Å²) < 4.78 is 51.3. The molecule has 0 unspecified atom stereocenters. The summed E-state index contributed by atoms with van der Waals surface area (Å²) in [5, 5.41) is 11.7. The molecule has 28 heavy (non-hydrogen) atoms. The Bertz CT molecular complexity index is 826. The number of halogens is 3. The van der Waals surface area contributed by atoms with Gasteiger partial charge in [-0.25, -0.2) is 0 Å². The van der Waals surface area contributed by atoms with Crippen LogP contribution in [0.4, 0.5) is 13.2 Å². The van der Waals surface area contributed by atoms with E-state index in [4.69, 9.17) is 14.6 Å². The second kappa shape index (κ2) is 7.61. The van der Waals surface area contributed by atoms with Gasteiger partial charge < -0.3 is 14.6 Å². The standard InChI is InChI=1S/C19H22BF3N2O3/c1-12(26)25-11-16(20-27-17(2,3)18(4,5)28-20)9-13-6-14(10-24)8-15(7-13)19(21,22)23/h6-9H,11H2,1-5H3,(H,25,26). The Hall–Kier alpha value is -2.31. The van der Waals surface area contributed by atoms with E-state index in [1.807, 2.05) is 27.7 Å². The molecule has 1 aliphatic heterocycles. The van der Waals surface area contributed by atoms with E-state index in [0.717, 1.165) is 12.1 Å². The lowest BCUT2D eigenvalue weighted by atomic mass is 9.76. The molecule has 0 bridgehead atoms. The summed E-state index contributed by atoms with van der Waals surface area (Å²) in [6.07, 6.45) is -3.13. The number of nitrogens with one attached hydrogen (secondary N) is 1. The predicted octanol–water partition coefficient (Wildman–Crippen LogP) is 3.73. The van der Waals surface area contributed by atoms with Crippen molar-refractivity contribution < 1.29 is 27.3 Å². The van der Waals surface area contributed by atoms with E-state index in [2.05, 4.69) is 5.32 Å². The van der Waals surface area contributed by atoms with Gasteiger partial charge in [-0.3, -0.25) is 4.79 Å². The highest BCUT2D eigenvalue weighted by molar-refractivity contribution is 6.56. The Morgan fingerprint density at radius 3 is 2.25 bits per heavy atom. The summed E-state index contributed by atoms with van der Waals surface area (Å²) in [7, 11) is -0.850. The minimum absolute atomic E-state index is 0.0320. The minimum Gasteiger partial charge on any atom is -0.400 e. The van der Waals surface area contributed by atoms with E-state index < -0.39 is 30.1 Å². The number of nitriles is 1. The summed E-state index contributed by atoms with van der Waals surface area (Å²) >= 11 is 0. The first-order valence-corrected chi connectivity index (χ1v) is 8.68.